The molecular formula is C7H16BClF3NO. The third-order valence-electron chi connectivity index (χ3n) is 2.09. The molecule has 0 spiro atoms. The molecule has 7 heteroatoms. The minimum absolute atomic E-state index is 0.889. The minimum atomic E-state index is -5.03. The van der Waals surface area contributed by atoms with Gasteiger partial charge in [-0.2, -0.15) is 0 Å². The van der Waals surface area contributed by atoms with Gasteiger partial charge in [0.2, 0.25) is 0 Å². The van der Waals surface area contributed by atoms with E-state index in [0.717, 1.165) is 11.2 Å². The van der Waals surface area contributed by atoms with Crippen molar-refractivity contribution in [1.82, 2.24) is 0 Å². The Bertz CT molecular complexity index is 156. The first-order chi connectivity index (χ1) is 6.27. The lowest BCUT2D eigenvalue weighted by Crippen LogP contribution is -2.42. The molecule has 0 bridgehead atoms. The van der Waals surface area contributed by atoms with Crippen LogP contribution in [0.15, 0.2) is 0 Å². The van der Waals surface area contributed by atoms with Crippen molar-refractivity contribution in [2.45, 2.75) is 12.8 Å². The zero-order chi connectivity index (χ0) is 11.2. The maximum atomic E-state index is 10.2. The van der Waals surface area contributed by atoms with E-state index in [9.17, 15) is 12.9 Å². The van der Waals surface area contributed by atoms with Gasteiger partial charge in [-0.25, -0.2) is 0 Å². The Labute approximate surface area is 87.5 Å². The van der Waals surface area contributed by atoms with E-state index in [2.05, 4.69) is 18.5 Å². The van der Waals surface area contributed by atoms with Crippen LogP contribution in [0.1, 0.15) is 12.8 Å². The van der Waals surface area contributed by atoms with E-state index in [-0.39, 0.29) is 0 Å². The Morgan fingerprint density at radius 3 is 1.93 bits per heavy atom. The normalized spacial score (nSPS) is 20.1. The Morgan fingerprint density at radius 2 is 1.64 bits per heavy atom. The van der Waals surface area contributed by atoms with Crippen LogP contribution < -0.4 is 0 Å². The van der Waals surface area contributed by atoms with E-state index in [4.69, 9.17) is 4.74 Å². The number of halogens is 4. The van der Waals surface area contributed by atoms with Gasteiger partial charge >= 0.3 is 6.39 Å². The monoisotopic (exact) mass is 233 g/mol. The van der Waals surface area contributed by atoms with Crippen molar-refractivity contribution in [2.24, 2.45) is 0 Å². The van der Waals surface area contributed by atoms with Crippen molar-refractivity contribution < 1.29 is 22.2 Å². The van der Waals surface area contributed by atoms with Gasteiger partial charge in [-0.3, -0.25) is 11.5 Å². The molecule has 0 N–H and O–H groups in total. The van der Waals surface area contributed by atoms with Gasteiger partial charge in [-0.1, -0.05) is 0 Å². The Hall–Kier alpha value is 0.0649. The predicted octanol–water partition coefficient (Wildman–Crippen LogP) is 2.40. The van der Waals surface area contributed by atoms with E-state index < -0.39 is 6.39 Å². The molecule has 1 rings (SSSR count). The van der Waals surface area contributed by atoms with Crippen molar-refractivity contribution in [1.29, 1.82) is 0 Å². The quantitative estimate of drug-likeness (QED) is 0.526. The van der Waals surface area contributed by atoms with Crippen molar-refractivity contribution in [3.63, 3.8) is 0 Å². The molecule has 1 aliphatic rings. The summed E-state index contributed by atoms with van der Waals surface area (Å²) in [5, 5.41) is 0. The van der Waals surface area contributed by atoms with Crippen LogP contribution in [0.25, 0.3) is 0 Å². The van der Waals surface area contributed by atoms with E-state index in [1.54, 1.807) is 7.11 Å². The maximum Gasteiger partial charge on any atom is 0.576 e. The zero-order valence-electron chi connectivity index (χ0n) is 8.48. The highest BCUT2D eigenvalue weighted by molar-refractivity contribution is 7.08. The molecule has 0 amide bonds. The Morgan fingerprint density at radius 1 is 1.29 bits per heavy atom. The molecule has 0 atom stereocenters. The summed E-state index contributed by atoms with van der Waals surface area (Å²) < 4.78 is 36.8. The molecule has 1 fully saturated rings. The number of methoxy groups -OCH3 is 1. The van der Waals surface area contributed by atoms with Crippen LogP contribution in [0.4, 0.5) is 12.9 Å². The molecule has 0 aromatic carbocycles. The van der Waals surface area contributed by atoms with Gasteiger partial charge in [0.05, 0.1) is 20.1 Å². The molecule has 1 aliphatic heterocycles. The van der Waals surface area contributed by atoms with Crippen molar-refractivity contribution in [2.75, 3.05) is 34.0 Å². The fourth-order valence-corrected chi connectivity index (χ4v) is 1.54. The van der Waals surface area contributed by atoms with Gasteiger partial charge in [0.1, 0.15) is 0 Å². The summed E-state index contributed by atoms with van der Waals surface area (Å²) in [4.78, 5) is 0. The second-order valence-corrected chi connectivity index (χ2v) is 4.18. The summed E-state index contributed by atoms with van der Waals surface area (Å²) in [6, 6.07) is 0. The third kappa shape index (κ3) is 8.65. The summed E-state index contributed by atoms with van der Waals surface area (Å²) in [5.41, 5.74) is 0. The molecular weight excluding hydrogens is 217 g/mol. The van der Waals surface area contributed by atoms with Crippen molar-refractivity contribution in [3.05, 3.63) is 0 Å². The number of rotatable bonds is 2. The second kappa shape index (κ2) is 5.83. The average Bonchev–Trinajstić information content (AvgIpc) is 2.33. The minimum Gasteiger partial charge on any atom is -0.435 e. The molecule has 0 aromatic rings. The molecule has 14 heavy (non-hydrogen) atoms. The fraction of sp³-hybridized carbons (Fsp3) is 1.00. The fourth-order valence-electron chi connectivity index (χ4n) is 1.54. The SMILES string of the molecule is COC[N+]1(C)CCCC1.F[B-](F)(F)Cl. The first-order valence-corrected chi connectivity index (χ1v) is 4.90. The number of hydrogen-bond acceptors (Lipinski definition) is 1. The predicted molar refractivity (Wildman–Crippen MR) is 52.0 cm³/mol. The Kier molecular flexibility index (Phi) is 5.85. The smallest absolute Gasteiger partial charge is 0.435 e. The van der Waals surface area contributed by atoms with Crippen LogP contribution in [0, 0.1) is 0 Å². The van der Waals surface area contributed by atoms with E-state index in [1.807, 2.05) is 0 Å². The lowest BCUT2D eigenvalue weighted by atomic mass is 10.4. The highest BCUT2D eigenvalue weighted by Crippen LogP contribution is 2.15. The maximum absolute atomic E-state index is 10.2. The zero-order valence-corrected chi connectivity index (χ0v) is 9.24. The second-order valence-electron chi connectivity index (χ2n) is 3.69. The summed E-state index contributed by atoms with van der Waals surface area (Å²) >= 11 is 3.59. The average molecular weight is 233 g/mol. The van der Waals surface area contributed by atoms with Crippen LogP contribution in [0.3, 0.4) is 0 Å². The third-order valence-corrected chi connectivity index (χ3v) is 2.09. The van der Waals surface area contributed by atoms with Gasteiger partial charge in [0.15, 0.2) is 6.73 Å². The molecule has 1 heterocycles. The molecule has 0 saturated carbocycles. The number of ether oxygens (including phenoxy) is 1. The van der Waals surface area contributed by atoms with Gasteiger partial charge < -0.3 is 22.2 Å². The van der Waals surface area contributed by atoms with Crippen molar-refractivity contribution in [3.8, 4) is 0 Å². The van der Waals surface area contributed by atoms with Crippen molar-refractivity contribution >= 4 is 17.9 Å². The molecule has 2 nitrogen and oxygen atoms in total. The van der Waals surface area contributed by atoms with Gasteiger partial charge in [0.25, 0.3) is 0 Å². The molecule has 0 unspecified atom stereocenters. The van der Waals surface area contributed by atoms with E-state index in [1.165, 1.54) is 25.9 Å². The standard InChI is InChI=1S/C7H16NO.BClF3/c1-8(7-9-2)5-3-4-6-8;2-1(3,4)5/h3-7H2,1-2H3;/q+1;-1. The summed E-state index contributed by atoms with van der Waals surface area (Å²) in [7, 11) is 4.04. The molecule has 0 aliphatic carbocycles. The van der Waals surface area contributed by atoms with Crippen LogP contribution >= 0.6 is 11.5 Å². The summed E-state index contributed by atoms with van der Waals surface area (Å²) in [5.74, 6) is 0. The van der Waals surface area contributed by atoms with Crippen LogP contribution in [-0.2, 0) is 4.74 Å². The topological polar surface area (TPSA) is 9.23 Å². The molecule has 0 radical (unpaired) electrons. The van der Waals surface area contributed by atoms with Crippen LogP contribution in [-0.4, -0.2) is 44.9 Å². The van der Waals surface area contributed by atoms with Gasteiger partial charge in [-0.15, -0.1) is 0 Å². The van der Waals surface area contributed by atoms with Crippen LogP contribution in [0.2, 0.25) is 0 Å². The molecule has 0 aromatic heterocycles. The first kappa shape index (κ1) is 14.1. The highest BCUT2D eigenvalue weighted by atomic mass is 35.5. The van der Waals surface area contributed by atoms with Gasteiger partial charge in [0, 0.05) is 20.0 Å². The highest BCUT2D eigenvalue weighted by Gasteiger charge is 2.25. The lowest BCUT2D eigenvalue weighted by molar-refractivity contribution is -0.916. The first-order valence-electron chi connectivity index (χ1n) is 4.47. The largest absolute Gasteiger partial charge is 0.576 e. The van der Waals surface area contributed by atoms with Gasteiger partial charge in [-0.05, 0) is 0 Å². The van der Waals surface area contributed by atoms with E-state index in [0.29, 0.717) is 0 Å². The van der Waals surface area contributed by atoms with E-state index >= 15 is 0 Å². The number of likely N-dealkylation sites (tertiary alicyclic amines) is 1. The number of nitrogens with zero attached hydrogens (tertiary/aromatic N) is 1. The molecule has 1 saturated heterocycles. The summed E-state index contributed by atoms with van der Waals surface area (Å²) in [6.45, 7) is 3.49. The summed E-state index contributed by atoms with van der Waals surface area (Å²) in [6.07, 6.45) is -2.28. The van der Waals surface area contributed by atoms with Crippen LogP contribution in [0.5, 0.6) is 0 Å². The Balaban J connectivity index is 0.000000292. The number of quaternary nitrogens is 1. The lowest BCUT2D eigenvalue weighted by Gasteiger charge is -2.27. The molecule has 86 valence electrons. The number of hydrogen-bond donors (Lipinski definition) is 0.